The summed E-state index contributed by atoms with van der Waals surface area (Å²) in [5.74, 6) is -1.06. The first kappa shape index (κ1) is 12.8. The van der Waals surface area contributed by atoms with Crippen molar-refractivity contribution in [3.8, 4) is 0 Å². The number of aliphatic carboxylic acids is 1. The zero-order valence-corrected chi connectivity index (χ0v) is 9.74. The molecule has 6 nitrogen and oxygen atoms in total. The van der Waals surface area contributed by atoms with Gasteiger partial charge in [-0.1, -0.05) is 13.8 Å². The third-order valence-electron chi connectivity index (χ3n) is 3.17. The van der Waals surface area contributed by atoms with E-state index in [1.165, 1.54) is 0 Å². The molecule has 0 saturated heterocycles. The number of urea groups is 1. The van der Waals surface area contributed by atoms with Gasteiger partial charge in [0.2, 0.25) is 0 Å². The van der Waals surface area contributed by atoms with Gasteiger partial charge in [0.25, 0.3) is 0 Å². The van der Waals surface area contributed by atoms with Gasteiger partial charge in [-0.15, -0.1) is 0 Å². The van der Waals surface area contributed by atoms with Crippen LogP contribution in [0.5, 0.6) is 0 Å². The molecule has 0 radical (unpaired) electrons. The van der Waals surface area contributed by atoms with E-state index in [0.717, 1.165) is 6.42 Å². The van der Waals surface area contributed by atoms with Crippen molar-refractivity contribution in [3.05, 3.63) is 0 Å². The van der Waals surface area contributed by atoms with E-state index in [9.17, 15) is 9.59 Å². The van der Waals surface area contributed by atoms with Crippen LogP contribution in [0.3, 0.4) is 0 Å². The zero-order valence-electron chi connectivity index (χ0n) is 9.74. The van der Waals surface area contributed by atoms with Crippen LogP contribution in [0, 0.1) is 5.41 Å². The average Bonchev–Trinajstić information content (AvgIpc) is 2.20. The molecule has 1 saturated carbocycles. The SMILES string of the molecule is COC1CC(NC(=O)NCC(=O)O)C1(C)C. The molecule has 2 amide bonds. The Hall–Kier alpha value is -1.30. The molecule has 0 aromatic heterocycles. The first-order valence-corrected chi connectivity index (χ1v) is 5.17. The molecule has 1 aliphatic carbocycles. The molecule has 1 aliphatic rings. The molecule has 1 rings (SSSR count). The molecule has 16 heavy (non-hydrogen) atoms. The number of carbonyl (C=O) groups excluding carboxylic acids is 1. The number of hydrogen-bond donors (Lipinski definition) is 3. The molecule has 1 fully saturated rings. The molecule has 92 valence electrons. The number of carboxylic acid groups (broad SMARTS) is 1. The fraction of sp³-hybridized carbons (Fsp3) is 0.800. The summed E-state index contributed by atoms with van der Waals surface area (Å²) in [7, 11) is 1.65. The van der Waals surface area contributed by atoms with Crippen molar-refractivity contribution in [2.75, 3.05) is 13.7 Å². The van der Waals surface area contributed by atoms with Crippen LogP contribution in [0.1, 0.15) is 20.3 Å². The Morgan fingerprint density at radius 3 is 2.56 bits per heavy atom. The van der Waals surface area contributed by atoms with Gasteiger partial charge in [-0.2, -0.15) is 0 Å². The highest BCUT2D eigenvalue weighted by molar-refractivity contribution is 5.80. The molecule has 0 aromatic carbocycles. The van der Waals surface area contributed by atoms with Crippen molar-refractivity contribution in [1.29, 1.82) is 0 Å². The van der Waals surface area contributed by atoms with Gasteiger partial charge in [0.1, 0.15) is 6.54 Å². The van der Waals surface area contributed by atoms with Crippen LogP contribution in [-0.2, 0) is 9.53 Å². The maximum atomic E-state index is 11.3. The predicted molar refractivity (Wildman–Crippen MR) is 57.2 cm³/mol. The Morgan fingerprint density at radius 1 is 1.50 bits per heavy atom. The number of ether oxygens (including phenoxy) is 1. The van der Waals surface area contributed by atoms with Gasteiger partial charge in [-0.25, -0.2) is 4.79 Å². The van der Waals surface area contributed by atoms with Crippen molar-refractivity contribution < 1.29 is 19.4 Å². The van der Waals surface area contributed by atoms with E-state index in [4.69, 9.17) is 9.84 Å². The molecule has 0 aliphatic heterocycles. The van der Waals surface area contributed by atoms with Gasteiger partial charge in [-0.3, -0.25) is 4.79 Å². The summed E-state index contributed by atoms with van der Waals surface area (Å²) in [4.78, 5) is 21.5. The van der Waals surface area contributed by atoms with Crippen LogP contribution in [0.25, 0.3) is 0 Å². The number of nitrogens with one attached hydrogen (secondary N) is 2. The van der Waals surface area contributed by atoms with E-state index in [1.807, 2.05) is 13.8 Å². The first-order chi connectivity index (χ1) is 7.37. The maximum absolute atomic E-state index is 11.3. The summed E-state index contributed by atoms with van der Waals surface area (Å²) in [6, 6.07) is -0.429. The molecule has 0 aromatic rings. The summed E-state index contributed by atoms with van der Waals surface area (Å²) in [6.07, 6.45) is 0.890. The van der Waals surface area contributed by atoms with E-state index >= 15 is 0 Å². The zero-order chi connectivity index (χ0) is 12.3. The van der Waals surface area contributed by atoms with E-state index in [0.29, 0.717) is 0 Å². The van der Waals surface area contributed by atoms with Crippen LogP contribution < -0.4 is 10.6 Å². The minimum absolute atomic E-state index is 0.0197. The van der Waals surface area contributed by atoms with Crippen molar-refractivity contribution >= 4 is 12.0 Å². The van der Waals surface area contributed by atoms with Gasteiger partial charge in [0.05, 0.1) is 6.10 Å². The van der Waals surface area contributed by atoms with E-state index in [-0.39, 0.29) is 24.1 Å². The summed E-state index contributed by atoms with van der Waals surface area (Å²) in [5.41, 5.74) is -0.116. The van der Waals surface area contributed by atoms with E-state index in [2.05, 4.69) is 10.6 Å². The smallest absolute Gasteiger partial charge is 0.323 e. The van der Waals surface area contributed by atoms with Crippen molar-refractivity contribution in [1.82, 2.24) is 10.6 Å². The molecule has 2 unspecified atom stereocenters. The van der Waals surface area contributed by atoms with Crippen molar-refractivity contribution in [3.63, 3.8) is 0 Å². The number of amides is 2. The highest BCUT2D eigenvalue weighted by Crippen LogP contribution is 2.42. The number of methoxy groups -OCH3 is 1. The summed E-state index contributed by atoms with van der Waals surface area (Å²) < 4.78 is 5.25. The molecule has 0 heterocycles. The average molecular weight is 230 g/mol. The molecule has 0 bridgehead atoms. The summed E-state index contributed by atoms with van der Waals surface area (Å²) in [6.45, 7) is 3.65. The lowest BCUT2D eigenvalue weighted by Crippen LogP contribution is -2.63. The highest BCUT2D eigenvalue weighted by atomic mass is 16.5. The van der Waals surface area contributed by atoms with Crippen LogP contribution in [0.15, 0.2) is 0 Å². The van der Waals surface area contributed by atoms with E-state index < -0.39 is 12.0 Å². The van der Waals surface area contributed by atoms with Crippen LogP contribution in [0.4, 0.5) is 4.79 Å². The van der Waals surface area contributed by atoms with Gasteiger partial charge >= 0.3 is 12.0 Å². The number of carboxylic acids is 1. The number of hydrogen-bond acceptors (Lipinski definition) is 3. The Balaban J connectivity index is 2.34. The maximum Gasteiger partial charge on any atom is 0.323 e. The Bertz CT molecular complexity index is 291. The second kappa shape index (κ2) is 4.69. The standard InChI is InChI=1S/C10H18N2O4/c1-10(2)6(4-7(10)16-3)12-9(15)11-5-8(13)14/h6-7H,4-5H2,1-3H3,(H,13,14)(H2,11,12,15). The van der Waals surface area contributed by atoms with Crippen molar-refractivity contribution in [2.24, 2.45) is 5.41 Å². The highest BCUT2D eigenvalue weighted by Gasteiger charge is 2.49. The minimum Gasteiger partial charge on any atom is -0.480 e. The van der Waals surface area contributed by atoms with Gasteiger partial charge < -0.3 is 20.5 Å². The fourth-order valence-electron chi connectivity index (χ4n) is 1.90. The quantitative estimate of drug-likeness (QED) is 0.643. The summed E-state index contributed by atoms with van der Waals surface area (Å²) >= 11 is 0. The second-order valence-corrected chi connectivity index (χ2v) is 4.55. The Labute approximate surface area is 94.3 Å². The third kappa shape index (κ3) is 2.63. The van der Waals surface area contributed by atoms with Crippen molar-refractivity contribution in [2.45, 2.75) is 32.4 Å². The fourth-order valence-corrected chi connectivity index (χ4v) is 1.90. The molecule has 6 heteroatoms. The lowest BCUT2D eigenvalue weighted by molar-refractivity contribution is -0.135. The Kier molecular flexibility index (Phi) is 3.74. The Morgan fingerprint density at radius 2 is 2.12 bits per heavy atom. The molecule has 3 N–H and O–H groups in total. The lowest BCUT2D eigenvalue weighted by Gasteiger charge is -2.51. The minimum atomic E-state index is -1.06. The number of rotatable bonds is 4. The molecular weight excluding hydrogens is 212 g/mol. The molecular formula is C10H18N2O4. The lowest BCUT2D eigenvalue weighted by atomic mass is 9.64. The first-order valence-electron chi connectivity index (χ1n) is 5.17. The predicted octanol–water partition coefficient (Wildman–Crippen LogP) is 0.184. The topological polar surface area (TPSA) is 87.7 Å². The second-order valence-electron chi connectivity index (χ2n) is 4.55. The van der Waals surface area contributed by atoms with Gasteiger partial charge in [-0.05, 0) is 6.42 Å². The largest absolute Gasteiger partial charge is 0.480 e. The summed E-state index contributed by atoms with van der Waals surface area (Å²) in [5, 5.41) is 13.4. The van der Waals surface area contributed by atoms with Gasteiger partial charge in [0, 0.05) is 18.6 Å². The van der Waals surface area contributed by atoms with E-state index in [1.54, 1.807) is 7.11 Å². The van der Waals surface area contributed by atoms with Crippen LogP contribution in [0.2, 0.25) is 0 Å². The number of carbonyl (C=O) groups is 2. The third-order valence-corrected chi connectivity index (χ3v) is 3.17. The monoisotopic (exact) mass is 230 g/mol. The normalized spacial score (nSPS) is 26.7. The van der Waals surface area contributed by atoms with Gasteiger partial charge in [0.15, 0.2) is 0 Å². The molecule has 0 spiro atoms. The molecule has 2 atom stereocenters. The van der Waals surface area contributed by atoms with Crippen LogP contribution >= 0.6 is 0 Å². The van der Waals surface area contributed by atoms with Crippen LogP contribution in [-0.4, -0.2) is 42.9 Å².